The molecular formula is C19H32O3. The molecule has 2 rings (SSSR count). The van der Waals surface area contributed by atoms with Crippen LogP contribution in [0.4, 0.5) is 0 Å². The number of carbonyl (C=O) groups is 2. The lowest BCUT2D eigenvalue weighted by atomic mass is 9.70. The second kappa shape index (κ2) is 7.14. The van der Waals surface area contributed by atoms with Crippen molar-refractivity contribution >= 4 is 11.8 Å². The molecule has 3 nitrogen and oxygen atoms in total. The minimum Gasteiger partial charge on any atom is -0.460 e. The normalized spacial score (nSPS) is 33.3. The number of hydrogen-bond acceptors (Lipinski definition) is 3. The van der Waals surface area contributed by atoms with E-state index >= 15 is 0 Å². The van der Waals surface area contributed by atoms with E-state index in [0.29, 0.717) is 5.78 Å². The first-order valence-electron chi connectivity index (χ1n) is 9.04. The molecule has 2 atom stereocenters. The molecule has 0 aromatic heterocycles. The van der Waals surface area contributed by atoms with Gasteiger partial charge in [0.15, 0.2) is 0 Å². The van der Waals surface area contributed by atoms with E-state index in [-0.39, 0.29) is 23.7 Å². The Balaban J connectivity index is 2.02. The molecule has 0 bridgehead atoms. The van der Waals surface area contributed by atoms with E-state index in [0.717, 1.165) is 57.3 Å². The number of esters is 1. The molecule has 2 fully saturated rings. The maximum Gasteiger partial charge on any atom is 0.310 e. The van der Waals surface area contributed by atoms with E-state index in [4.69, 9.17) is 4.74 Å². The lowest BCUT2D eigenvalue weighted by Crippen LogP contribution is -2.40. The Morgan fingerprint density at radius 2 is 1.41 bits per heavy atom. The van der Waals surface area contributed by atoms with Gasteiger partial charge in [0.2, 0.25) is 0 Å². The van der Waals surface area contributed by atoms with E-state index in [2.05, 4.69) is 6.92 Å². The Bertz CT molecular complexity index is 399. The highest BCUT2D eigenvalue weighted by Crippen LogP contribution is 2.38. The van der Waals surface area contributed by atoms with Gasteiger partial charge in [-0.15, -0.1) is 0 Å². The fraction of sp³-hybridized carbons (Fsp3) is 0.895. The monoisotopic (exact) mass is 308 g/mol. The van der Waals surface area contributed by atoms with Crippen LogP contribution in [-0.2, 0) is 14.3 Å². The van der Waals surface area contributed by atoms with E-state index in [1.165, 1.54) is 0 Å². The Morgan fingerprint density at radius 1 is 0.864 bits per heavy atom. The summed E-state index contributed by atoms with van der Waals surface area (Å²) in [4.78, 5) is 25.4. The van der Waals surface area contributed by atoms with Crippen molar-refractivity contribution in [3.8, 4) is 0 Å². The molecule has 2 saturated carbocycles. The van der Waals surface area contributed by atoms with Crippen molar-refractivity contribution in [3.63, 3.8) is 0 Å². The average Bonchev–Trinajstić information content (AvgIpc) is 2.45. The van der Waals surface area contributed by atoms with Gasteiger partial charge in [-0.1, -0.05) is 32.6 Å². The van der Waals surface area contributed by atoms with Gasteiger partial charge in [0.25, 0.3) is 0 Å². The summed E-state index contributed by atoms with van der Waals surface area (Å²) in [6.07, 6.45) is 8.12. The second-order valence-electron chi connectivity index (χ2n) is 8.39. The van der Waals surface area contributed by atoms with Crippen LogP contribution in [0.25, 0.3) is 0 Å². The fourth-order valence-corrected chi connectivity index (χ4v) is 3.98. The third-order valence-electron chi connectivity index (χ3n) is 5.26. The van der Waals surface area contributed by atoms with E-state index < -0.39 is 5.60 Å². The first-order chi connectivity index (χ1) is 10.3. The number of hydrogen-bond donors (Lipinski definition) is 0. The van der Waals surface area contributed by atoms with Crippen LogP contribution in [0, 0.1) is 23.7 Å². The topological polar surface area (TPSA) is 43.4 Å². The molecule has 2 aliphatic carbocycles. The summed E-state index contributed by atoms with van der Waals surface area (Å²) >= 11 is 0. The summed E-state index contributed by atoms with van der Waals surface area (Å²) in [5.74, 6) is 0.820. The largest absolute Gasteiger partial charge is 0.460 e. The van der Waals surface area contributed by atoms with Gasteiger partial charge in [0.05, 0.1) is 5.92 Å². The zero-order valence-corrected chi connectivity index (χ0v) is 14.7. The van der Waals surface area contributed by atoms with Crippen molar-refractivity contribution < 1.29 is 14.3 Å². The lowest BCUT2D eigenvalue weighted by molar-refractivity contribution is -0.165. The average molecular weight is 308 g/mol. The number of carbonyl (C=O) groups excluding carboxylic acids is 2. The summed E-state index contributed by atoms with van der Waals surface area (Å²) in [5.41, 5.74) is -0.470. The highest BCUT2D eigenvalue weighted by Gasteiger charge is 2.40. The van der Waals surface area contributed by atoms with Crippen molar-refractivity contribution in [2.45, 2.75) is 84.7 Å². The summed E-state index contributed by atoms with van der Waals surface area (Å²) in [7, 11) is 0. The quantitative estimate of drug-likeness (QED) is 0.719. The summed E-state index contributed by atoms with van der Waals surface area (Å²) in [5, 5.41) is 0. The van der Waals surface area contributed by atoms with Gasteiger partial charge in [-0.3, -0.25) is 9.59 Å². The van der Waals surface area contributed by atoms with Crippen LogP contribution in [0.15, 0.2) is 0 Å². The van der Waals surface area contributed by atoms with Crippen LogP contribution in [0.5, 0.6) is 0 Å². The van der Waals surface area contributed by atoms with Crippen LogP contribution in [0.1, 0.15) is 79.1 Å². The fourth-order valence-electron chi connectivity index (χ4n) is 3.98. The molecule has 0 aromatic carbocycles. The Morgan fingerprint density at radius 3 is 1.95 bits per heavy atom. The van der Waals surface area contributed by atoms with E-state index in [1.54, 1.807) is 0 Å². The molecule has 0 amide bonds. The summed E-state index contributed by atoms with van der Waals surface area (Å²) in [6.45, 7) is 7.96. The van der Waals surface area contributed by atoms with Gasteiger partial charge >= 0.3 is 5.97 Å². The van der Waals surface area contributed by atoms with Crippen LogP contribution in [0.2, 0.25) is 0 Å². The molecule has 0 unspecified atom stereocenters. The highest BCUT2D eigenvalue weighted by molar-refractivity contribution is 5.88. The standard InChI is InChI=1S/C19H32O3/c1-13-9-11-14(12-10-13)17(20)15-7-5-6-8-16(15)18(21)22-19(2,3)4/h13-16H,5-12H2,1-4H3/t13?,14?,15-,16-/m0/s1. The van der Waals surface area contributed by atoms with Crippen LogP contribution in [-0.4, -0.2) is 17.4 Å². The number of Topliss-reactive ketones (excluding diaryl/α,β-unsaturated/α-hetero) is 1. The smallest absolute Gasteiger partial charge is 0.310 e. The zero-order chi connectivity index (χ0) is 16.3. The van der Waals surface area contributed by atoms with Gasteiger partial charge in [-0.2, -0.15) is 0 Å². The maximum atomic E-state index is 12.9. The predicted octanol–water partition coefficient (Wildman–Crippen LogP) is 4.53. The van der Waals surface area contributed by atoms with Crippen molar-refractivity contribution in [3.05, 3.63) is 0 Å². The molecule has 0 spiro atoms. The molecule has 0 N–H and O–H groups in total. The minimum absolute atomic E-state index is 0.0954. The molecule has 0 aliphatic heterocycles. The second-order valence-corrected chi connectivity index (χ2v) is 8.39. The Hall–Kier alpha value is -0.860. The molecule has 0 saturated heterocycles. The van der Waals surface area contributed by atoms with Crippen molar-refractivity contribution in [1.29, 1.82) is 0 Å². The van der Waals surface area contributed by atoms with E-state index in [9.17, 15) is 9.59 Å². The van der Waals surface area contributed by atoms with Crippen molar-refractivity contribution in [2.75, 3.05) is 0 Å². The molecule has 22 heavy (non-hydrogen) atoms. The van der Waals surface area contributed by atoms with Gasteiger partial charge in [0.1, 0.15) is 11.4 Å². The molecular weight excluding hydrogens is 276 g/mol. The summed E-state index contributed by atoms with van der Waals surface area (Å²) in [6, 6.07) is 0. The van der Waals surface area contributed by atoms with Gasteiger partial charge in [-0.25, -0.2) is 0 Å². The molecule has 3 heteroatoms. The third-order valence-corrected chi connectivity index (χ3v) is 5.26. The lowest BCUT2D eigenvalue weighted by Gasteiger charge is -2.35. The summed E-state index contributed by atoms with van der Waals surface area (Å²) < 4.78 is 5.57. The third kappa shape index (κ3) is 4.57. The first kappa shape index (κ1) is 17.5. The first-order valence-corrected chi connectivity index (χ1v) is 9.04. The van der Waals surface area contributed by atoms with Crippen molar-refractivity contribution in [2.24, 2.45) is 23.7 Å². The van der Waals surface area contributed by atoms with Gasteiger partial charge in [-0.05, 0) is 52.4 Å². The molecule has 0 aromatic rings. The Labute approximate surface area is 135 Å². The SMILES string of the molecule is CC1CCC(C(=O)[C@H]2CCCC[C@@H]2C(=O)OC(C)(C)C)CC1. The minimum atomic E-state index is -0.470. The molecule has 2 aliphatic rings. The highest BCUT2D eigenvalue weighted by atomic mass is 16.6. The number of rotatable bonds is 3. The Kier molecular flexibility index (Phi) is 5.68. The van der Waals surface area contributed by atoms with Gasteiger partial charge in [0, 0.05) is 11.8 Å². The number of ether oxygens (including phenoxy) is 1. The molecule has 126 valence electrons. The maximum absolute atomic E-state index is 12.9. The molecule has 0 radical (unpaired) electrons. The van der Waals surface area contributed by atoms with Crippen molar-refractivity contribution in [1.82, 2.24) is 0 Å². The van der Waals surface area contributed by atoms with Crippen LogP contribution < -0.4 is 0 Å². The van der Waals surface area contributed by atoms with E-state index in [1.807, 2.05) is 20.8 Å². The van der Waals surface area contributed by atoms with Crippen LogP contribution >= 0.6 is 0 Å². The van der Waals surface area contributed by atoms with Gasteiger partial charge < -0.3 is 4.74 Å². The predicted molar refractivity (Wildman–Crippen MR) is 87.4 cm³/mol. The zero-order valence-electron chi connectivity index (χ0n) is 14.7. The molecule has 0 heterocycles. The number of ketones is 1. The van der Waals surface area contributed by atoms with Crippen LogP contribution in [0.3, 0.4) is 0 Å².